The molecule has 0 radical (unpaired) electrons. The monoisotopic (exact) mass is 199 g/mol. The highest BCUT2D eigenvalue weighted by Gasteiger charge is 2.20. The molecule has 0 aromatic carbocycles. The van der Waals surface area contributed by atoms with Crippen LogP contribution in [0.2, 0.25) is 0 Å². The number of hydrogen-bond acceptors (Lipinski definition) is 3. The molecule has 14 heavy (non-hydrogen) atoms. The molecule has 1 fully saturated rings. The van der Waals surface area contributed by atoms with Crippen molar-refractivity contribution < 1.29 is 0 Å². The van der Waals surface area contributed by atoms with Crippen LogP contribution in [0.3, 0.4) is 0 Å². The second-order valence-corrected chi connectivity index (χ2v) is 4.98. The second kappa shape index (κ2) is 5.69. The van der Waals surface area contributed by atoms with Gasteiger partial charge in [0.25, 0.3) is 0 Å². The smallest absolute Gasteiger partial charge is 0.00194 e. The third-order valence-electron chi connectivity index (χ3n) is 3.08. The zero-order valence-electron chi connectivity index (χ0n) is 9.87. The average molecular weight is 199 g/mol. The molecule has 0 bridgehead atoms. The fourth-order valence-electron chi connectivity index (χ4n) is 2.30. The van der Waals surface area contributed by atoms with Crippen molar-refractivity contribution in [2.24, 2.45) is 17.6 Å². The molecular formula is C11H25N3. The van der Waals surface area contributed by atoms with Gasteiger partial charge in [-0.3, -0.25) is 0 Å². The van der Waals surface area contributed by atoms with Gasteiger partial charge in [-0.15, -0.1) is 0 Å². The van der Waals surface area contributed by atoms with E-state index in [1.165, 1.54) is 26.1 Å². The largest absolute Gasteiger partial charge is 0.330 e. The van der Waals surface area contributed by atoms with E-state index in [0.29, 0.717) is 5.92 Å². The van der Waals surface area contributed by atoms with Crippen molar-refractivity contribution in [1.29, 1.82) is 0 Å². The highest BCUT2D eigenvalue weighted by molar-refractivity contribution is 4.75. The van der Waals surface area contributed by atoms with E-state index in [1.54, 1.807) is 0 Å². The Hall–Kier alpha value is -0.120. The third kappa shape index (κ3) is 3.95. The maximum absolute atomic E-state index is 5.62. The molecule has 1 saturated heterocycles. The van der Waals surface area contributed by atoms with Gasteiger partial charge in [-0.2, -0.15) is 0 Å². The number of nitrogens with two attached hydrogens (primary N) is 1. The molecule has 0 aromatic rings. The Morgan fingerprint density at radius 2 is 2.29 bits per heavy atom. The Morgan fingerprint density at radius 3 is 2.79 bits per heavy atom. The van der Waals surface area contributed by atoms with Crippen molar-refractivity contribution in [1.82, 2.24) is 9.80 Å². The predicted molar refractivity (Wildman–Crippen MR) is 61.3 cm³/mol. The lowest BCUT2D eigenvalue weighted by atomic mass is 10.1. The fraction of sp³-hybridized carbons (Fsp3) is 1.00. The first-order valence-electron chi connectivity index (χ1n) is 5.69. The normalized spacial score (nSPS) is 25.9. The molecule has 3 heteroatoms. The lowest BCUT2D eigenvalue weighted by molar-refractivity contribution is 0.245. The number of hydrogen-bond donors (Lipinski definition) is 1. The lowest BCUT2D eigenvalue weighted by Gasteiger charge is -2.23. The quantitative estimate of drug-likeness (QED) is 0.698. The van der Waals surface area contributed by atoms with E-state index in [4.69, 9.17) is 5.73 Å². The Morgan fingerprint density at radius 1 is 1.57 bits per heavy atom. The standard InChI is InChI=1S/C11H25N3/c1-10(6-12)7-14(3)9-11-4-5-13(2)8-11/h10-11H,4-9,12H2,1-3H3. The number of likely N-dealkylation sites (tertiary alicyclic amines) is 1. The summed E-state index contributed by atoms with van der Waals surface area (Å²) in [5.41, 5.74) is 5.62. The van der Waals surface area contributed by atoms with E-state index in [2.05, 4.69) is 30.8 Å². The van der Waals surface area contributed by atoms with Crippen molar-refractivity contribution in [3.63, 3.8) is 0 Å². The predicted octanol–water partition coefficient (Wildman–Crippen LogP) is 0.465. The summed E-state index contributed by atoms with van der Waals surface area (Å²) in [7, 11) is 4.42. The van der Waals surface area contributed by atoms with Crippen LogP contribution < -0.4 is 5.73 Å². The van der Waals surface area contributed by atoms with Gasteiger partial charge in [0.15, 0.2) is 0 Å². The van der Waals surface area contributed by atoms with Crippen LogP contribution in [0.15, 0.2) is 0 Å². The molecule has 0 aliphatic carbocycles. The SMILES string of the molecule is CC(CN)CN(C)CC1CCN(C)C1. The topological polar surface area (TPSA) is 32.5 Å². The summed E-state index contributed by atoms with van der Waals surface area (Å²) in [6, 6.07) is 0. The Balaban J connectivity index is 2.16. The zero-order chi connectivity index (χ0) is 10.6. The van der Waals surface area contributed by atoms with Crippen molar-refractivity contribution >= 4 is 0 Å². The summed E-state index contributed by atoms with van der Waals surface area (Å²) < 4.78 is 0. The Kier molecular flexibility index (Phi) is 4.85. The highest BCUT2D eigenvalue weighted by Crippen LogP contribution is 2.15. The van der Waals surface area contributed by atoms with E-state index in [-0.39, 0.29) is 0 Å². The van der Waals surface area contributed by atoms with Crippen LogP contribution in [-0.4, -0.2) is 56.6 Å². The third-order valence-corrected chi connectivity index (χ3v) is 3.08. The van der Waals surface area contributed by atoms with Crippen LogP contribution in [0.5, 0.6) is 0 Å². The summed E-state index contributed by atoms with van der Waals surface area (Å²) in [6.45, 7) is 7.92. The van der Waals surface area contributed by atoms with E-state index in [9.17, 15) is 0 Å². The van der Waals surface area contributed by atoms with Crippen molar-refractivity contribution in [3.05, 3.63) is 0 Å². The molecule has 0 amide bonds. The van der Waals surface area contributed by atoms with Gasteiger partial charge in [-0.05, 0) is 45.4 Å². The molecule has 2 unspecified atom stereocenters. The Labute approximate surface area is 88.2 Å². The number of nitrogens with zero attached hydrogens (tertiary/aromatic N) is 2. The molecule has 0 saturated carbocycles. The van der Waals surface area contributed by atoms with E-state index in [1.807, 2.05) is 0 Å². The van der Waals surface area contributed by atoms with Crippen LogP contribution in [0.25, 0.3) is 0 Å². The first kappa shape index (κ1) is 12.0. The molecule has 0 spiro atoms. The molecule has 1 rings (SSSR count). The highest BCUT2D eigenvalue weighted by atomic mass is 15.1. The summed E-state index contributed by atoms with van der Waals surface area (Å²) in [6.07, 6.45) is 1.36. The average Bonchev–Trinajstić information content (AvgIpc) is 2.50. The van der Waals surface area contributed by atoms with E-state index >= 15 is 0 Å². The van der Waals surface area contributed by atoms with Crippen molar-refractivity contribution in [2.45, 2.75) is 13.3 Å². The molecule has 1 aliphatic heterocycles. The molecule has 0 aromatic heterocycles. The van der Waals surface area contributed by atoms with E-state index < -0.39 is 0 Å². The molecule has 84 valence electrons. The van der Waals surface area contributed by atoms with Gasteiger partial charge in [0, 0.05) is 19.6 Å². The first-order chi connectivity index (χ1) is 6.61. The molecule has 1 aliphatic rings. The summed E-state index contributed by atoms with van der Waals surface area (Å²) >= 11 is 0. The maximum Gasteiger partial charge on any atom is 0.00194 e. The van der Waals surface area contributed by atoms with Gasteiger partial charge in [-0.1, -0.05) is 6.92 Å². The van der Waals surface area contributed by atoms with Crippen molar-refractivity contribution in [3.8, 4) is 0 Å². The van der Waals surface area contributed by atoms with Gasteiger partial charge in [0.1, 0.15) is 0 Å². The minimum absolute atomic E-state index is 0.624. The van der Waals surface area contributed by atoms with Crippen LogP contribution in [0.4, 0.5) is 0 Å². The fourth-order valence-corrected chi connectivity index (χ4v) is 2.30. The maximum atomic E-state index is 5.62. The van der Waals surface area contributed by atoms with Gasteiger partial charge in [0.2, 0.25) is 0 Å². The Bertz CT molecular complexity index is 161. The van der Waals surface area contributed by atoms with Gasteiger partial charge < -0.3 is 15.5 Å². The molecule has 3 nitrogen and oxygen atoms in total. The molecular weight excluding hydrogens is 174 g/mol. The van der Waals surface area contributed by atoms with E-state index in [0.717, 1.165) is 19.0 Å². The van der Waals surface area contributed by atoms with Crippen LogP contribution in [-0.2, 0) is 0 Å². The summed E-state index contributed by atoms with van der Waals surface area (Å²) in [4.78, 5) is 4.85. The van der Waals surface area contributed by atoms with Gasteiger partial charge in [0.05, 0.1) is 0 Å². The lowest BCUT2D eigenvalue weighted by Crippen LogP contribution is -2.33. The minimum Gasteiger partial charge on any atom is -0.330 e. The summed E-state index contributed by atoms with van der Waals surface area (Å²) in [5.74, 6) is 1.49. The number of rotatable bonds is 5. The first-order valence-corrected chi connectivity index (χ1v) is 5.69. The van der Waals surface area contributed by atoms with Gasteiger partial charge in [-0.25, -0.2) is 0 Å². The van der Waals surface area contributed by atoms with Crippen LogP contribution in [0, 0.1) is 11.8 Å². The molecule has 2 atom stereocenters. The van der Waals surface area contributed by atoms with Crippen LogP contribution >= 0.6 is 0 Å². The van der Waals surface area contributed by atoms with Crippen LogP contribution in [0.1, 0.15) is 13.3 Å². The zero-order valence-corrected chi connectivity index (χ0v) is 9.87. The van der Waals surface area contributed by atoms with Crippen molar-refractivity contribution in [2.75, 3.05) is 46.8 Å². The molecule has 2 N–H and O–H groups in total. The van der Waals surface area contributed by atoms with Gasteiger partial charge >= 0.3 is 0 Å². The summed E-state index contributed by atoms with van der Waals surface area (Å²) in [5, 5.41) is 0. The second-order valence-electron chi connectivity index (χ2n) is 4.98. The minimum atomic E-state index is 0.624. The molecule has 1 heterocycles.